The minimum atomic E-state index is -1.23. The molecule has 8 aromatic rings. The van der Waals surface area contributed by atoms with Crippen LogP contribution in [0.2, 0.25) is 19.6 Å². The van der Waals surface area contributed by atoms with Crippen LogP contribution < -0.4 is 5.19 Å². The van der Waals surface area contributed by atoms with E-state index in [2.05, 4.69) is 152 Å². The number of hydrogen-bond donors (Lipinski definition) is 0. The Morgan fingerprint density at radius 3 is 2.08 bits per heavy atom. The Kier molecular flexibility index (Phi) is 10.7. The monoisotopic (exact) mass is 843 g/mol. The van der Waals surface area contributed by atoms with Crippen molar-refractivity contribution in [3.8, 4) is 33.6 Å². The topological polar surface area (TPSA) is 38.9 Å². The van der Waals surface area contributed by atoms with E-state index < -0.39 is 8.07 Å². The predicted octanol–water partition coefficient (Wildman–Crippen LogP) is 11.4. The molecule has 3 aromatic heterocycles. The molecule has 0 amide bonds. The van der Waals surface area contributed by atoms with Crippen molar-refractivity contribution in [3.05, 3.63) is 175 Å². The zero-order valence-electron chi connectivity index (χ0n) is 28.6. The summed E-state index contributed by atoms with van der Waals surface area (Å²) in [7, 11) is -1.23. The van der Waals surface area contributed by atoms with Crippen LogP contribution in [0.4, 0.5) is 0 Å². The molecule has 8 rings (SSSR count). The van der Waals surface area contributed by atoms with Crippen molar-refractivity contribution in [2.75, 3.05) is 0 Å². The van der Waals surface area contributed by atoms with Crippen LogP contribution in [0.15, 0.2) is 156 Å². The van der Waals surface area contributed by atoms with Crippen LogP contribution >= 0.6 is 0 Å². The third kappa shape index (κ3) is 7.61. The third-order valence-corrected chi connectivity index (χ3v) is 11.0. The summed E-state index contributed by atoms with van der Waals surface area (Å²) in [6.45, 7) is 9.22. The van der Waals surface area contributed by atoms with E-state index in [1.807, 2.05) is 48.8 Å². The van der Waals surface area contributed by atoms with E-state index in [4.69, 9.17) is 4.42 Å². The van der Waals surface area contributed by atoms with Crippen LogP contribution in [0.3, 0.4) is 0 Å². The second kappa shape index (κ2) is 15.3. The third-order valence-electron chi connectivity index (χ3n) is 8.99. The Bertz CT molecular complexity index is 2310. The quantitative estimate of drug-likeness (QED) is 0.124. The molecular weight excluding hydrogens is 805 g/mol. The zero-order chi connectivity index (χ0) is 33.8. The van der Waals surface area contributed by atoms with Crippen molar-refractivity contribution in [2.24, 2.45) is 0 Å². The van der Waals surface area contributed by atoms with Gasteiger partial charge in [0.2, 0.25) is 0 Å². The Labute approximate surface area is 309 Å². The minimum Gasteiger partial charge on any atom is -0.501 e. The molecule has 0 aliphatic heterocycles. The van der Waals surface area contributed by atoms with E-state index in [-0.39, 0.29) is 26.0 Å². The smallest absolute Gasteiger partial charge is 0.121 e. The first-order valence-corrected chi connectivity index (χ1v) is 20.2. The number of hydrogen-bond acceptors (Lipinski definition) is 3. The molecule has 0 aliphatic carbocycles. The molecule has 1 unspecified atom stereocenters. The van der Waals surface area contributed by atoms with Gasteiger partial charge in [0, 0.05) is 43.8 Å². The second-order valence-electron chi connectivity index (χ2n) is 13.3. The minimum absolute atomic E-state index is 0. The molecule has 1 atom stereocenters. The number of nitrogens with zero attached hydrogens (tertiary/aromatic N) is 2. The molecule has 5 heteroatoms. The van der Waals surface area contributed by atoms with E-state index in [1.54, 1.807) is 0 Å². The fourth-order valence-corrected chi connectivity index (χ4v) is 7.11. The van der Waals surface area contributed by atoms with Crippen LogP contribution in [0.5, 0.6) is 0 Å². The van der Waals surface area contributed by atoms with Crippen LogP contribution in [0.1, 0.15) is 24.0 Å². The van der Waals surface area contributed by atoms with Crippen molar-refractivity contribution in [1.82, 2.24) is 9.97 Å². The maximum Gasteiger partial charge on any atom is 0.121 e. The van der Waals surface area contributed by atoms with Crippen molar-refractivity contribution in [1.29, 1.82) is 0 Å². The molecule has 0 saturated heterocycles. The van der Waals surface area contributed by atoms with E-state index in [0.717, 1.165) is 50.0 Å². The Hall–Kier alpha value is -4.93. The molecule has 0 fully saturated rings. The van der Waals surface area contributed by atoms with Gasteiger partial charge in [-0.05, 0) is 51.0 Å². The average molecular weight is 843 g/mol. The second-order valence-corrected chi connectivity index (χ2v) is 18.4. The summed E-state index contributed by atoms with van der Waals surface area (Å²) < 4.78 is 6.41. The standard InChI is InChI=1S/C31H22NO.C14H16NSi.Ir/c1-21(22-9-4-2-5-10-22)24-17-18-32-29(19-24)28-14-8-13-27-26-16-15-25(20-30(26)33-31(27)28)23-11-6-3-7-12-23;1-16(2,3)13-9-10-14(15-11-13)12-7-5-4-6-8-12;/h2-13,15-21H,1H3;4-7,9-11H,1-3H3;/q2*-1;. The number of rotatable bonds is 6. The van der Waals surface area contributed by atoms with Crippen molar-refractivity contribution in [3.63, 3.8) is 0 Å². The van der Waals surface area contributed by atoms with Gasteiger partial charge >= 0.3 is 0 Å². The van der Waals surface area contributed by atoms with E-state index in [0.29, 0.717) is 0 Å². The SMILES string of the molecule is CC(c1ccccc1)c1ccnc(-c2[c-]ccc3c2oc2cc(-c4ccccc4)ccc23)c1.C[Si](C)(C)c1ccc(-c2[c-]cccc2)nc1.[Ir]. The fourth-order valence-electron chi connectivity index (χ4n) is 6.08. The first-order chi connectivity index (χ1) is 23.8. The van der Waals surface area contributed by atoms with Gasteiger partial charge in [0.25, 0.3) is 0 Å². The van der Waals surface area contributed by atoms with Gasteiger partial charge in [0.1, 0.15) is 5.58 Å². The Morgan fingerprint density at radius 1 is 0.620 bits per heavy atom. The van der Waals surface area contributed by atoms with Crippen LogP contribution in [0, 0.1) is 12.1 Å². The van der Waals surface area contributed by atoms with Gasteiger partial charge in [-0.1, -0.05) is 129 Å². The van der Waals surface area contributed by atoms with Crippen LogP contribution in [0.25, 0.3) is 55.6 Å². The number of pyridine rings is 2. The molecule has 0 aliphatic rings. The molecule has 0 bridgehead atoms. The molecule has 0 saturated carbocycles. The molecule has 0 N–H and O–H groups in total. The molecule has 50 heavy (non-hydrogen) atoms. The van der Waals surface area contributed by atoms with Gasteiger partial charge in [-0.2, -0.15) is 0 Å². The largest absolute Gasteiger partial charge is 0.501 e. The van der Waals surface area contributed by atoms with Gasteiger partial charge in [-0.25, -0.2) is 0 Å². The zero-order valence-corrected chi connectivity index (χ0v) is 32.0. The summed E-state index contributed by atoms with van der Waals surface area (Å²) in [5, 5.41) is 3.59. The maximum absolute atomic E-state index is 6.41. The summed E-state index contributed by atoms with van der Waals surface area (Å²) in [6, 6.07) is 54.5. The first kappa shape index (κ1) is 34.9. The van der Waals surface area contributed by atoms with Gasteiger partial charge in [0.05, 0.1) is 13.7 Å². The Balaban J connectivity index is 0.000000215. The molecule has 3 heterocycles. The summed E-state index contributed by atoms with van der Waals surface area (Å²) in [5.41, 5.74) is 10.4. The molecule has 3 nitrogen and oxygen atoms in total. The van der Waals surface area contributed by atoms with Gasteiger partial charge in [-0.15, -0.1) is 54.1 Å². The molecule has 249 valence electrons. The maximum atomic E-state index is 6.41. The fraction of sp³-hybridized carbons (Fsp3) is 0.111. The van der Waals surface area contributed by atoms with E-state index in [9.17, 15) is 0 Å². The predicted molar refractivity (Wildman–Crippen MR) is 207 cm³/mol. The number of furan rings is 1. The first-order valence-electron chi connectivity index (χ1n) is 16.7. The summed E-state index contributed by atoms with van der Waals surface area (Å²) >= 11 is 0. The average Bonchev–Trinajstić information content (AvgIpc) is 3.54. The normalized spacial score (nSPS) is 11.8. The van der Waals surface area contributed by atoms with E-state index >= 15 is 0 Å². The molecule has 5 aromatic carbocycles. The van der Waals surface area contributed by atoms with Gasteiger partial charge in [-0.3, -0.25) is 0 Å². The van der Waals surface area contributed by atoms with E-state index in [1.165, 1.54) is 21.9 Å². The molecule has 1 radical (unpaired) electrons. The summed E-state index contributed by atoms with van der Waals surface area (Å²) in [4.78, 5) is 9.20. The number of aromatic nitrogens is 2. The van der Waals surface area contributed by atoms with Gasteiger partial charge < -0.3 is 14.4 Å². The Morgan fingerprint density at radius 2 is 1.38 bits per heavy atom. The van der Waals surface area contributed by atoms with Crippen LogP contribution in [-0.2, 0) is 20.1 Å². The van der Waals surface area contributed by atoms with Gasteiger partial charge in [0.15, 0.2) is 0 Å². The number of benzene rings is 5. The van der Waals surface area contributed by atoms with Crippen molar-refractivity contribution in [2.45, 2.75) is 32.5 Å². The van der Waals surface area contributed by atoms with Crippen LogP contribution in [-0.4, -0.2) is 18.0 Å². The molecular formula is C45H38IrN2OSi-2. The summed E-state index contributed by atoms with van der Waals surface area (Å²) in [5.74, 6) is 0.274. The molecule has 0 spiro atoms. The number of fused-ring (bicyclic) bond motifs is 3. The summed E-state index contributed by atoms with van der Waals surface area (Å²) in [6.07, 6.45) is 3.90. The van der Waals surface area contributed by atoms with Crippen molar-refractivity contribution >= 4 is 35.2 Å². The van der Waals surface area contributed by atoms with Crippen molar-refractivity contribution < 1.29 is 24.5 Å².